The summed E-state index contributed by atoms with van der Waals surface area (Å²) in [6.45, 7) is 0. The quantitative estimate of drug-likeness (QED) is 0.165. The van der Waals surface area contributed by atoms with Gasteiger partial charge in [-0.05, 0) is 68.8 Å². The van der Waals surface area contributed by atoms with Crippen LogP contribution < -0.4 is 0 Å². The van der Waals surface area contributed by atoms with Crippen LogP contribution in [0.25, 0.3) is 98.8 Å². The van der Waals surface area contributed by atoms with Gasteiger partial charge in [0.15, 0.2) is 17.5 Å². The van der Waals surface area contributed by atoms with Gasteiger partial charge in [0, 0.05) is 36.9 Å². The Hall–Kier alpha value is -7.01. The average molecular weight is 720 g/mol. The Morgan fingerprint density at radius 3 is 1.24 bits per heavy atom. The van der Waals surface area contributed by atoms with Crippen molar-refractivity contribution in [2.75, 3.05) is 0 Å². The highest BCUT2D eigenvalue weighted by atomic mass is 32.1. The lowest BCUT2D eigenvalue weighted by atomic mass is 9.95. The van der Waals surface area contributed by atoms with E-state index in [1.165, 1.54) is 59.3 Å². The van der Waals surface area contributed by atoms with Crippen molar-refractivity contribution < 1.29 is 0 Å². The molecular weight excluding hydrogens is 687 g/mol. The Labute approximate surface area is 323 Å². The maximum Gasteiger partial charge on any atom is 0.164 e. The smallest absolute Gasteiger partial charge is 0.164 e. The van der Waals surface area contributed by atoms with Crippen LogP contribution in [0.3, 0.4) is 0 Å². The zero-order chi connectivity index (χ0) is 36.6. The number of fused-ring (bicyclic) bond motifs is 3. The molecule has 0 N–H and O–H groups in total. The standard InChI is InChI=1S/C51H33N3S/c1-4-12-34(13-5-1)35-22-24-36(25-23-35)37-26-28-38(29-27-37)41-18-10-19-42(32-41)43-30-31-46-45(33-43)48-44(20-11-21-47(48)55-46)51-53-49(39-14-6-2-7-15-39)52-50(54-51)40-16-8-3-9-17-40/h1-33H. The largest absolute Gasteiger partial charge is 0.208 e. The minimum atomic E-state index is 0.660. The van der Waals surface area contributed by atoms with Crippen LogP contribution in [0.1, 0.15) is 0 Å². The molecule has 0 radical (unpaired) electrons. The second kappa shape index (κ2) is 14.1. The van der Waals surface area contributed by atoms with Gasteiger partial charge in [-0.3, -0.25) is 0 Å². The molecule has 0 saturated carbocycles. The zero-order valence-corrected chi connectivity index (χ0v) is 30.6. The van der Waals surface area contributed by atoms with E-state index in [0.29, 0.717) is 17.5 Å². The molecule has 0 saturated heterocycles. The van der Waals surface area contributed by atoms with Crippen molar-refractivity contribution in [3.63, 3.8) is 0 Å². The lowest BCUT2D eigenvalue weighted by Crippen LogP contribution is -2.00. The number of nitrogens with zero attached hydrogens (tertiary/aromatic N) is 3. The molecule has 0 fully saturated rings. The van der Waals surface area contributed by atoms with Crippen LogP contribution in [0.4, 0.5) is 0 Å². The fourth-order valence-corrected chi connectivity index (χ4v) is 8.45. The summed E-state index contributed by atoms with van der Waals surface area (Å²) in [6.07, 6.45) is 0. The topological polar surface area (TPSA) is 38.7 Å². The van der Waals surface area contributed by atoms with Crippen molar-refractivity contribution in [3.8, 4) is 78.7 Å². The molecule has 0 aliphatic rings. The lowest BCUT2D eigenvalue weighted by Gasteiger charge is -2.10. The van der Waals surface area contributed by atoms with Crippen molar-refractivity contribution in [2.45, 2.75) is 0 Å². The van der Waals surface area contributed by atoms with Gasteiger partial charge in [0.1, 0.15) is 0 Å². The van der Waals surface area contributed by atoms with E-state index in [-0.39, 0.29) is 0 Å². The highest BCUT2D eigenvalue weighted by Crippen LogP contribution is 2.42. The fraction of sp³-hybridized carbons (Fsp3) is 0. The molecule has 0 spiro atoms. The fourth-order valence-electron chi connectivity index (χ4n) is 7.34. The van der Waals surface area contributed by atoms with Crippen LogP contribution >= 0.6 is 11.3 Å². The van der Waals surface area contributed by atoms with Gasteiger partial charge in [0.2, 0.25) is 0 Å². The average Bonchev–Trinajstić information content (AvgIpc) is 3.66. The molecule has 2 aromatic heterocycles. The first-order chi connectivity index (χ1) is 27.2. The first-order valence-electron chi connectivity index (χ1n) is 18.4. The summed E-state index contributed by atoms with van der Waals surface area (Å²) < 4.78 is 2.44. The molecule has 10 rings (SSSR count). The van der Waals surface area contributed by atoms with Gasteiger partial charge in [-0.2, -0.15) is 0 Å². The molecule has 4 heteroatoms. The Morgan fingerprint density at radius 1 is 0.273 bits per heavy atom. The van der Waals surface area contributed by atoms with Crippen LogP contribution in [-0.4, -0.2) is 15.0 Å². The molecule has 2 heterocycles. The minimum Gasteiger partial charge on any atom is -0.208 e. The van der Waals surface area contributed by atoms with Gasteiger partial charge in [-0.1, -0.05) is 176 Å². The molecule has 0 atom stereocenters. The summed E-state index contributed by atoms with van der Waals surface area (Å²) in [6, 6.07) is 70.6. The van der Waals surface area contributed by atoms with E-state index in [9.17, 15) is 0 Å². The van der Waals surface area contributed by atoms with E-state index < -0.39 is 0 Å². The van der Waals surface area contributed by atoms with Crippen molar-refractivity contribution in [1.82, 2.24) is 15.0 Å². The first-order valence-corrected chi connectivity index (χ1v) is 19.2. The second-order valence-electron chi connectivity index (χ2n) is 13.6. The van der Waals surface area contributed by atoms with Crippen molar-refractivity contribution in [3.05, 3.63) is 200 Å². The third-order valence-electron chi connectivity index (χ3n) is 10.2. The molecule has 0 unspecified atom stereocenters. The van der Waals surface area contributed by atoms with Gasteiger partial charge in [-0.25, -0.2) is 15.0 Å². The van der Waals surface area contributed by atoms with E-state index in [1.54, 1.807) is 11.3 Å². The normalized spacial score (nSPS) is 11.3. The van der Waals surface area contributed by atoms with E-state index in [4.69, 9.17) is 15.0 Å². The highest BCUT2D eigenvalue weighted by molar-refractivity contribution is 7.26. The Balaban J connectivity index is 1.01. The number of benzene rings is 8. The number of rotatable bonds is 7. The summed E-state index contributed by atoms with van der Waals surface area (Å²) in [5, 5.41) is 2.36. The molecule has 0 aliphatic carbocycles. The SMILES string of the molecule is c1ccc(-c2ccc(-c3ccc(-c4cccc(-c5ccc6sc7cccc(-c8nc(-c9ccccc9)nc(-c9ccccc9)n8)c7c6c5)c4)cc3)cc2)cc1. The number of hydrogen-bond acceptors (Lipinski definition) is 4. The van der Waals surface area contributed by atoms with Gasteiger partial charge in [-0.15, -0.1) is 11.3 Å². The summed E-state index contributed by atoms with van der Waals surface area (Å²) >= 11 is 1.80. The molecule has 55 heavy (non-hydrogen) atoms. The minimum absolute atomic E-state index is 0.660. The van der Waals surface area contributed by atoms with E-state index in [0.717, 1.165) is 22.1 Å². The molecule has 0 bridgehead atoms. The monoisotopic (exact) mass is 719 g/mol. The summed E-state index contributed by atoms with van der Waals surface area (Å²) in [5.74, 6) is 1.99. The Bertz CT molecular complexity index is 2880. The van der Waals surface area contributed by atoms with E-state index in [1.807, 2.05) is 60.7 Å². The third-order valence-corrected chi connectivity index (χ3v) is 11.3. The summed E-state index contributed by atoms with van der Waals surface area (Å²) in [7, 11) is 0. The van der Waals surface area contributed by atoms with Crippen LogP contribution in [0.2, 0.25) is 0 Å². The van der Waals surface area contributed by atoms with Gasteiger partial charge < -0.3 is 0 Å². The van der Waals surface area contributed by atoms with Crippen molar-refractivity contribution >= 4 is 31.5 Å². The number of aromatic nitrogens is 3. The molecule has 258 valence electrons. The Kier molecular flexibility index (Phi) is 8.36. The molecule has 10 aromatic rings. The molecule has 0 amide bonds. The van der Waals surface area contributed by atoms with Gasteiger partial charge in [0.05, 0.1) is 0 Å². The number of thiophene rings is 1. The van der Waals surface area contributed by atoms with Crippen molar-refractivity contribution in [2.24, 2.45) is 0 Å². The summed E-state index contributed by atoms with van der Waals surface area (Å²) in [5.41, 5.74) is 12.5. The first kappa shape index (κ1) is 32.6. The maximum absolute atomic E-state index is 5.09. The van der Waals surface area contributed by atoms with Crippen LogP contribution in [0.5, 0.6) is 0 Å². The molecule has 3 nitrogen and oxygen atoms in total. The lowest BCUT2D eigenvalue weighted by molar-refractivity contribution is 1.08. The van der Waals surface area contributed by atoms with Gasteiger partial charge >= 0.3 is 0 Å². The van der Waals surface area contributed by atoms with E-state index in [2.05, 4.69) is 140 Å². The van der Waals surface area contributed by atoms with Gasteiger partial charge in [0.25, 0.3) is 0 Å². The predicted molar refractivity (Wildman–Crippen MR) is 231 cm³/mol. The zero-order valence-electron chi connectivity index (χ0n) is 29.8. The second-order valence-corrected chi connectivity index (χ2v) is 14.7. The predicted octanol–water partition coefficient (Wildman–Crippen LogP) is 13.9. The Morgan fingerprint density at radius 2 is 0.673 bits per heavy atom. The highest BCUT2D eigenvalue weighted by Gasteiger charge is 2.17. The summed E-state index contributed by atoms with van der Waals surface area (Å²) in [4.78, 5) is 15.1. The number of hydrogen-bond donors (Lipinski definition) is 0. The van der Waals surface area contributed by atoms with Crippen LogP contribution in [-0.2, 0) is 0 Å². The molecule has 0 aliphatic heterocycles. The maximum atomic E-state index is 5.09. The molecular formula is C51H33N3S. The van der Waals surface area contributed by atoms with Crippen molar-refractivity contribution in [1.29, 1.82) is 0 Å². The molecule has 8 aromatic carbocycles. The van der Waals surface area contributed by atoms with E-state index >= 15 is 0 Å². The van der Waals surface area contributed by atoms with Crippen LogP contribution in [0.15, 0.2) is 200 Å². The van der Waals surface area contributed by atoms with Crippen LogP contribution in [0, 0.1) is 0 Å². The third kappa shape index (κ3) is 6.39.